The lowest BCUT2D eigenvalue weighted by molar-refractivity contribution is -0.143. The van der Waals surface area contributed by atoms with Crippen molar-refractivity contribution in [2.75, 3.05) is 11.3 Å². The number of hydrogen-bond donors (Lipinski definition) is 1. The number of pyridine rings is 1. The molecule has 7 nitrogen and oxygen atoms in total. The van der Waals surface area contributed by atoms with Crippen LogP contribution in [0.3, 0.4) is 0 Å². The zero-order chi connectivity index (χ0) is 25.2. The van der Waals surface area contributed by atoms with Crippen LogP contribution in [0.15, 0.2) is 63.3 Å². The molecule has 0 radical (unpaired) electrons. The molecule has 9 heteroatoms. The van der Waals surface area contributed by atoms with E-state index in [4.69, 9.17) is 4.74 Å². The Kier molecular flexibility index (Phi) is 7.28. The lowest BCUT2D eigenvalue weighted by Crippen LogP contribution is -2.25. The summed E-state index contributed by atoms with van der Waals surface area (Å²) in [5.41, 5.74) is 3.49. The molecular weight excluding hydrogens is 482 g/mol. The molecule has 4 rings (SSSR count). The van der Waals surface area contributed by atoms with Gasteiger partial charge in [-0.3, -0.25) is 9.52 Å². The fourth-order valence-corrected chi connectivity index (χ4v) is 6.72. The molecule has 0 saturated heterocycles. The van der Waals surface area contributed by atoms with Crippen LogP contribution in [-0.2, 0) is 38.9 Å². The molecule has 1 aromatic carbocycles. The minimum atomic E-state index is -3.78. The molecule has 2 heterocycles. The summed E-state index contributed by atoms with van der Waals surface area (Å²) < 4.78 is 35.9. The van der Waals surface area contributed by atoms with Crippen LogP contribution in [0.1, 0.15) is 44.1 Å². The van der Waals surface area contributed by atoms with E-state index in [1.54, 1.807) is 49.5 Å². The molecule has 1 aliphatic carbocycles. The van der Waals surface area contributed by atoms with Crippen molar-refractivity contribution < 1.29 is 17.9 Å². The van der Waals surface area contributed by atoms with Crippen molar-refractivity contribution in [1.82, 2.24) is 9.55 Å². The van der Waals surface area contributed by atoms with Crippen LogP contribution in [0.2, 0.25) is 0 Å². The summed E-state index contributed by atoms with van der Waals surface area (Å²) >= 11 is 1.49. The zero-order valence-corrected chi connectivity index (χ0v) is 22.1. The Labute approximate surface area is 211 Å². The van der Waals surface area contributed by atoms with E-state index in [1.807, 2.05) is 13.0 Å². The summed E-state index contributed by atoms with van der Waals surface area (Å²) in [4.78, 5) is 18.7. The number of benzene rings is 1. The molecule has 2 aromatic heterocycles. The number of nitrogens with one attached hydrogen (secondary N) is 1. The Bertz CT molecular complexity index is 1330. The number of aromatic nitrogens is 2. The van der Waals surface area contributed by atoms with E-state index < -0.39 is 10.0 Å². The molecule has 35 heavy (non-hydrogen) atoms. The van der Waals surface area contributed by atoms with E-state index in [-0.39, 0.29) is 28.6 Å². The third-order valence-corrected chi connectivity index (χ3v) is 8.89. The molecule has 1 N–H and O–H groups in total. The summed E-state index contributed by atoms with van der Waals surface area (Å²) in [6, 6.07) is 11.9. The molecule has 0 unspecified atom stereocenters. The summed E-state index contributed by atoms with van der Waals surface area (Å²) in [7, 11) is -3.78. The van der Waals surface area contributed by atoms with E-state index in [0.717, 1.165) is 35.5 Å². The Hall–Kier alpha value is -2.78. The van der Waals surface area contributed by atoms with Gasteiger partial charge in [0.05, 0.1) is 16.4 Å². The van der Waals surface area contributed by atoms with Gasteiger partial charge in [0.2, 0.25) is 0 Å². The predicted molar refractivity (Wildman–Crippen MR) is 137 cm³/mol. The van der Waals surface area contributed by atoms with Gasteiger partial charge in [0, 0.05) is 22.5 Å². The molecule has 0 fully saturated rings. The van der Waals surface area contributed by atoms with E-state index >= 15 is 0 Å². The van der Waals surface area contributed by atoms with Gasteiger partial charge >= 0.3 is 5.97 Å². The fraction of sp³-hybridized carbons (Fsp3) is 0.385. The summed E-state index contributed by atoms with van der Waals surface area (Å²) in [6.45, 7) is 8.82. The Morgan fingerprint density at radius 1 is 1.20 bits per heavy atom. The highest BCUT2D eigenvalue weighted by Gasteiger charge is 2.33. The summed E-state index contributed by atoms with van der Waals surface area (Å²) in [5.74, 6) is 0.0230. The maximum atomic E-state index is 12.9. The lowest BCUT2D eigenvalue weighted by Gasteiger charge is -2.31. The lowest BCUT2D eigenvalue weighted by atomic mass is 9.77. The monoisotopic (exact) mass is 513 g/mol. The minimum absolute atomic E-state index is 0.136. The molecule has 0 spiro atoms. The van der Waals surface area contributed by atoms with Crippen LogP contribution >= 0.6 is 11.8 Å². The second kappa shape index (κ2) is 10.1. The molecule has 0 atom stereocenters. The van der Waals surface area contributed by atoms with Gasteiger partial charge in [-0.15, -0.1) is 0 Å². The van der Waals surface area contributed by atoms with Crippen LogP contribution < -0.4 is 4.72 Å². The van der Waals surface area contributed by atoms with Gasteiger partial charge in [-0.1, -0.05) is 43.8 Å². The molecule has 1 aliphatic rings. The number of hydrogen-bond acceptors (Lipinski definition) is 6. The molecule has 0 aliphatic heterocycles. The van der Waals surface area contributed by atoms with Gasteiger partial charge in [-0.05, 0) is 68.4 Å². The predicted octanol–water partition coefficient (Wildman–Crippen LogP) is 5.22. The smallest absolute Gasteiger partial charge is 0.325 e. The second-order valence-corrected chi connectivity index (χ2v) is 12.2. The highest BCUT2D eigenvalue weighted by molar-refractivity contribution is 7.99. The van der Waals surface area contributed by atoms with Gasteiger partial charge in [0.25, 0.3) is 10.0 Å². The van der Waals surface area contributed by atoms with Crippen molar-refractivity contribution in [1.29, 1.82) is 0 Å². The normalized spacial score (nSPS) is 14.9. The SMILES string of the molecule is CCOC(=O)Cn1c(C)c(Sc2cccnc2NS(=O)(=O)c2ccccc2)c2c1CC(C)(C)CC2. The summed E-state index contributed by atoms with van der Waals surface area (Å²) in [5, 5.41) is 0. The van der Waals surface area contributed by atoms with Crippen molar-refractivity contribution in [3.05, 3.63) is 65.6 Å². The Morgan fingerprint density at radius 2 is 1.94 bits per heavy atom. The van der Waals surface area contributed by atoms with Gasteiger partial charge in [-0.2, -0.15) is 0 Å². The molecule has 186 valence electrons. The number of nitrogens with zero attached hydrogens (tertiary/aromatic N) is 2. The van der Waals surface area contributed by atoms with Crippen LogP contribution in [0.4, 0.5) is 5.82 Å². The fourth-order valence-electron chi connectivity index (χ4n) is 4.43. The van der Waals surface area contributed by atoms with Gasteiger partial charge in [-0.25, -0.2) is 13.4 Å². The largest absolute Gasteiger partial charge is 0.465 e. The first-order valence-electron chi connectivity index (χ1n) is 11.7. The van der Waals surface area contributed by atoms with Gasteiger partial charge in [0.1, 0.15) is 6.54 Å². The molecule has 3 aromatic rings. The maximum Gasteiger partial charge on any atom is 0.325 e. The third-order valence-electron chi connectivity index (χ3n) is 6.24. The van der Waals surface area contributed by atoms with E-state index in [1.165, 1.54) is 17.3 Å². The minimum Gasteiger partial charge on any atom is -0.465 e. The number of anilines is 1. The standard InChI is InChI=1S/C26H31N3O4S2/c1-5-33-23(30)17-29-18(2)24(20-13-14-26(3,4)16-21(20)29)34-22-12-9-15-27-25(22)28-35(31,32)19-10-7-6-8-11-19/h6-12,15H,5,13-14,16-17H2,1-4H3,(H,27,28). The van der Waals surface area contributed by atoms with Crippen molar-refractivity contribution in [3.8, 4) is 0 Å². The topological polar surface area (TPSA) is 90.3 Å². The molecule has 0 amide bonds. The first kappa shape index (κ1) is 25.3. The molecule has 0 bridgehead atoms. The van der Waals surface area contributed by atoms with Gasteiger partial charge in [0.15, 0.2) is 5.82 Å². The van der Waals surface area contributed by atoms with Crippen LogP contribution in [-0.4, -0.2) is 30.5 Å². The average Bonchev–Trinajstić information content (AvgIpc) is 3.05. The number of ether oxygens (including phenoxy) is 1. The van der Waals surface area contributed by atoms with Crippen molar-refractivity contribution in [2.24, 2.45) is 5.41 Å². The number of carbonyl (C=O) groups excluding carboxylic acids is 1. The first-order valence-corrected chi connectivity index (χ1v) is 14.0. The summed E-state index contributed by atoms with van der Waals surface area (Å²) in [6.07, 6.45) is 4.37. The van der Waals surface area contributed by atoms with E-state index in [0.29, 0.717) is 11.5 Å². The van der Waals surface area contributed by atoms with E-state index in [2.05, 4.69) is 28.1 Å². The third kappa shape index (κ3) is 5.56. The van der Waals surface area contributed by atoms with Gasteiger partial charge < -0.3 is 9.30 Å². The quantitative estimate of drug-likeness (QED) is 0.415. The number of carbonyl (C=O) groups is 1. The van der Waals surface area contributed by atoms with Crippen LogP contribution in [0.25, 0.3) is 0 Å². The van der Waals surface area contributed by atoms with E-state index in [9.17, 15) is 13.2 Å². The highest BCUT2D eigenvalue weighted by Crippen LogP contribution is 2.45. The number of sulfonamides is 1. The number of fused-ring (bicyclic) bond motifs is 1. The van der Waals surface area contributed by atoms with Crippen molar-refractivity contribution in [2.45, 2.75) is 68.2 Å². The maximum absolute atomic E-state index is 12.9. The molecule has 0 saturated carbocycles. The van der Waals surface area contributed by atoms with Crippen molar-refractivity contribution >= 4 is 33.6 Å². The Balaban J connectivity index is 1.71. The van der Waals surface area contributed by atoms with Crippen LogP contribution in [0.5, 0.6) is 0 Å². The second-order valence-electron chi connectivity index (χ2n) is 9.44. The highest BCUT2D eigenvalue weighted by atomic mass is 32.2. The number of rotatable bonds is 8. The number of esters is 1. The first-order chi connectivity index (χ1) is 16.6. The molecular formula is C26H31N3O4S2. The van der Waals surface area contributed by atoms with Crippen LogP contribution in [0, 0.1) is 12.3 Å². The average molecular weight is 514 g/mol. The zero-order valence-electron chi connectivity index (χ0n) is 20.5. The Morgan fingerprint density at radius 3 is 2.66 bits per heavy atom. The van der Waals surface area contributed by atoms with Crippen molar-refractivity contribution in [3.63, 3.8) is 0 Å².